The van der Waals surface area contributed by atoms with Crippen molar-refractivity contribution >= 4 is 86.2 Å². The van der Waals surface area contributed by atoms with E-state index in [0.29, 0.717) is 0 Å². The van der Waals surface area contributed by atoms with Crippen LogP contribution in [0.5, 0.6) is 0 Å². The normalized spacial score (nSPS) is 11.8. The van der Waals surface area contributed by atoms with E-state index in [2.05, 4.69) is 158 Å². The molecular weight excluding hydrogens is 504 g/mol. The second-order valence-electron chi connectivity index (χ2n) is 11.3. The van der Waals surface area contributed by atoms with E-state index in [1.54, 1.807) is 0 Å². The molecule has 0 N–H and O–H groups in total. The Balaban J connectivity index is 0.000000120. The zero-order chi connectivity index (χ0) is 27.6. The van der Waals surface area contributed by atoms with Gasteiger partial charge in [-0.15, -0.1) is 0 Å². The van der Waals surface area contributed by atoms with Crippen molar-refractivity contribution in [3.8, 4) is 0 Å². The summed E-state index contributed by atoms with van der Waals surface area (Å²) in [6, 6.07) is 57.3. The van der Waals surface area contributed by atoms with Crippen LogP contribution in [0.3, 0.4) is 0 Å². The second kappa shape index (κ2) is 9.03. The molecule has 0 saturated heterocycles. The quantitative estimate of drug-likeness (QED) is 0.135. The Morgan fingerprint density at radius 3 is 1.24 bits per heavy atom. The Bertz CT molecular complexity index is 2520. The highest BCUT2D eigenvalue weighted by molar-refractivity contribution is 6.28. The summed E-state index contributed by atoms with van der Waals surface area (Å²) >= 11 is 0. The van der Waals surface area contributed by atoms with Crippen LogP contribution in [0.1, 0.15) is 0 Å². The van der Waals surface area contributed by atoms with E-state index in [0.717, 1.165) is 0 Å². The monoisotopic (exact) mass is 530 g/mol. The molecule has 0 aromatic heterocycles. The van der Waals surface area contributed by atoms with Crippen molar-refractivity contribution in [2.24, 2.45) is 0 Å². The zero-order valence-corrected chi connectivity index (χ0v) is 23.0. The number of hydrogen-bond acceptors (Lipinski definition) is 0. The summed E-state index contributed by atoms with van der Waals surface area (Å²) < 4.78 is 0. The number of rotatable bonds is 0. The molecule has 42 heavy (non-hydrogen) atoms. The molecule has 0 unspecified atom stereocenters. The minimum absolute atomic E-state index is 1.30. The van der Waals surface area contributed by atoms with Crippen LogP contribution in [0, 0.1) is 0 Å². The first-order valence-corrected chi connectivity index (χ1v) is 14.6. The fourth-order valence-electron chi connectivity index (χ4n) is 7.00. The first-order valence-electron chi connectivity index (χ1n) is 14.6. The lowest BCUT2D eigenvalue weighted by Crippen LogP contribution is -1.85. The van der Waals surface area contributed by atoms with E-state index < -0.39 is 0 Å². The van der Waals surface area contributed by atoms with Gasteiger partial charge >= 0.3 is 0 Å². The Hall–Kier alpha value is -5.46. The SMILES string of the molecule is c1ccc2c(c1)cc1ccc3cccc4ccc2c1c34.c1ccc2c(c1)ccc1cc3ccc4ccccc4c3cc12. The van der Waals surface area contributed by atoms with E-state index in [9.17, 15) is 0 Å². The highest BCUT2D eigenvalue weighted by Crippen LogP contribution is 2.38. The first kappa shape index (κ1) is 23.3. The average Bonchev–Trinajstić information content (AvgIpc) is 3.06. The predicted octanol–water partition coefficient (Wildman–Crippen LogP) is 12.0. The van der Waals surface area contributed by atoms with Crippen molar-refractivity contribution in [2.45, 2.75) is 0 Å². The smallest absolute Gasteiger partial charge is 0.00204 e. The van der Waals surface area contributed by atoms with Gasteiger partial charge in [0.2, 0.25) is 0 Å². The van der Waals surface area contributed by atoms with Crippen LogP contribution in [0.2, 0.25) is 0 Å². The molecular formula is C42H26. The van der Waals surface area contributed by atoms with Gasteiger partial charge in [0.05, 0.1) is 0 Å². The molecule has 0 heterocycles. The minimum Gasteiger partial charge on any atom is -0.0616 e. The topological polar surface area (TPSA) is 0 Å². The van der Waals surface area contributed by atoms with Gasteiger partial charge < -0.3 is 0 Å². The zero-order valence-electron chi connectivity index (χ0n) is 23.0. The third-order valence-corrected chi connectivity index (χ3v) is 8.98. The Kier molecular flexibility index (Phi) is 5.00. The van der Waals surface area contributed by atoms with Crippen molar-refractivity contribution in [3.63, 3.8) is 0 Å². The van der Waals surface area contributed by atoms with Gasteiger partial charge in [-0.2, -0.15) is 0 Å². The predicted molar refractivity (Wildman–Crippen MR) is 184 cm³/mol. The number of fused-ring (bicyclic) bond motifs is 8. The standard InChI is InChI=1S/C22H14.C20H12/c1-3-7-19-15(5-1)9-11-17-13-18-12-10-16-6-2-4-8-20(16)22(18)14-21(17)19;1-2-7-17-15(4-1)12-16-9-8-13-5-3-6-14-10-11-18(17)20(16)19(13)14/h1-14H;1-12H. The fraction of sp³-hybridized carbons (Fsp3) is 0. The van der Waals surface area contributed by atoms with Gasteiger partial charge in [-0.25, -0.2) is 0 Å². The van der Waals surface area contributed by atoms with Crippen molar-refractivity contribution in [3.05, 3.63) is 158 Å². The van der Waals surface area contributed by atoms with Gasteiger partial charge in [-0.1, -0.05) is 140 Å². The van der Waals surface area contributed by atoms with Crippen LogP contribution in [-0.4, -0.2) is 0 Å². The third kappa shape index (κ3) is 3.49. The van der Waals surface area contributed by atoms with Gasteiger partial charge in [0.15, 0.2) is 0 Å². The molecule has 10 rings (SSSR count). The van der Waals surface area contributed by atoms with Crippen molar-refractivity contribution in [2.75, 3.05) is 0 Å². The summed E-state index contributed by atoms with van der Waals surface area (Å²) in [4.78, 5) is 0. The minimum atomic E-state index is 1.30. The molecule has 0 aliphatic carbocycles. The maximum atomic E-state index is 2.36. The van der Waals surface area contributed by atoms with E-state index in [4.69, 9.17) is 0 Å². The van der Waals surface area contributed by atoms with Gasteiger partial charge in [-0.05, 0) is 104 Å². The molecule has 0 radical (unpaired) electrons. The van der Waals surface area contributed by atoms with Gasteiger partial charge in [-0.3, -0.25) is 0 Å². The molecule has 0 amide bonds. The molecule has 10 aromatic rings. The van der Waals surface area contributed by atoms with Gasteiger partial charge in [0, 0.05) is 0 Å². The van der Waals surface area contributed by atoms with E-state index >= 15 is 0 Å². The van der Waals surface area contributed by atoms with Crippen LogP contribution in [0.15, 0.2) is 158 Å². The molecule has 0 aliphatic heterocycles. The van der Waals surface area contributed by atoms with Crippen molar-refractivity contribution in [1.29, 1.82) is 0 Å². The van der Waals surface area contributed by atoms with Crippen molar-refractivity contribution in [1.82, 2.24) is 0 Å². The van der Waals surface area contributed by atoms with Crippen LogP contribution >= 0.6 is 0 Å². The maximum absolute atomic E-state index is 2.36. The summed E-state index contributed by atoms with van der Waals surface area (Å²) in [6.07, 6.45) is 0. The van der Waals surface area contributed by atoms with E-state index in [1.807, 2.05) is 0 Å². The second-order valence-corrected chi connectivity index (χ2v) is 11.3. The third-order valence-electron chi connectivity index (χ3n) is 8.98. The Morgan fingerprint density at radius 2 is 0.595 bits per heavy atom. The van der Waals surface area contributed by atoms with E-state index in [-0.39, 0.29) is 0 Å². The largest absolute Gasteiger partial charge is 0.0616 e. The van der Waals surface area contributed by atoms with Gasteiger partial charge in [0.25, 0.3) is 0 Å². The first-order chi connectivity index (χ1) is 20.8. The maximum Gasteiger partial charge on any atom is -0.00204 e. The molecule has 194 valence electrons. The lowest BCUT2D eigenvalue weighted by molar-refractivity contribution is 1.78. The molecule has 0 atom stereocenters. The van der Waals surface area contributed by atoms with E-state index in [1.165, 1.54) is 86.2 Å². The van der Waals surface area contributed by atoms with Crippen LogP contribution in [-0.2, 0) is 0 Å². The van der Waals surface area contributed by atoms with Crippen LogP contribution in [0.4, 0.5) is 0 Å². The van der Waals surface area contributed by atoms with Crippen LogP contribution < -0.4 is 0 Å². The number of hydrogen-bond donors (Lipinski definition) is 0. The number of benzene rings is 10. The van der Waals surface area contributed by atoms with Crippen molar-refractivity contribution < 1.29 is 0 Å². The Morgan fingerprint density at radius 1 is 0.190 bits per heavy atom. The molecule has 10 aromatic carbocycles. The molecule has 0 saturated carbocycles. The fourth-order valence-corrected chi connectivity index (χ4v) is 7.00. The molecule has 0 heteroatoms. The summed E-state index contributed by atoms with van der Waals surface area (Å²) in [5, 5.41) is 21.4. The summed E-state index contributed by atoms with van der Waals surface area (Å²) in [5.41, 5.74) is 0. The highest BCUT2D eigenvalue weighted by atomic mass is 14.1. The summed E-state index contributed by atoms with van der Waals surface area (Å²) in [7, 11) is 0. The molecule has 0 aliphatic rings. The summed E-state index contributed by atoms with van der Waals surface area (Å²) in [5.74, 6) is 0. The molecule has 0 bridgehead atoms. The molecule has 0 spiro atoms. The molecule has 0 nitrogen and oxygen atoms in total. The average molecular weight is 531 g/mol. The van der Waals surface area contributed by atoms with Gasteiger partial charge in [0.1, 0.15) is 0 Å². The lowest BCUT2D eigenvalue weighted by atomic mass is 9.91. The van der Waals surface area contributed by atoms with Crippen LogP contribution in [0.25, 0.3) is 86.2 Å². The molecule has 0 fully saturated rings. The Labute approximate surface area is 243 Å². The lowest BCUT2D eigenvalue weighted by Gasteiger charge is -2.12. The summed E-state index contributed by atoms with van der Waals surface area (Å²) in [6.45, 7) is 0. The highest BCUT2D eigenvalue weighted by Gasteiger charge is 2.10.